The van der Waals surface area contributed by atoms with E-state index in [1.54, 1.807) is 16.4 Å². The highest BCUT2D eigenvalue weighted by atomic mass is 127. The topological polar surface area (TPSA) is 92.3 Å². The van der Waals surface area contributed by atoms with Crippen molar-refractivity contribution in [2.45, 2.75) is 50.2 Å². The summed E-state index contributed by atoms with van der Waals surface area (Å²) in [7, 11) is -3.37. The summed E-state index contributed by atoms with van der Waals surface area (Å²) >= 11 is 0. The maximum atomic E-state index is 12.6. The van der Waals surface area contributed by atoms with Crippen molar-refractivity contribution >= 4 is 40.0 Å². The Morgan fingerprint density at radius 2 is 1.97 bits per heavy atom. The molecular formula is C21H35IN4O4S. The second kappa shape index (κ2) is 13.6. The highest BCUT2D eigenvalue weighted by molar-refractivity contribution is 14.0. The maximum Gasteiger partial charge on any atom is 0.243 e. The molecule has 10 heteroatoms. The zero-order valence-electron chi connectivity index (χ0n) is 18.2. The first kappa shape index (κ1) is 26.3. The highest BCUT2D eigenvalue weighted by Gasteiger charge is 2.26. The van der Waals surface area contributed by atoms with Crippen molar-refractivity contribution in [3.63, 3.8) is 0 Å². The normalized spacial score (nSPS) is 19.9. The largest absolute Gasteiger partial charge is 0.379 e. The molecule has 0 aromatic heterocycles. The molecule has 3 rings (SSSR count). The Balaban J connectivity index is 0.00000341. The lowest BCUT2D eigenvalue weighted by Gasteiger charge is -2.15. The number of aliphatic imine (C=N–C) groups is 1. The maximum absolute atomic E-state index is 12.6. The van der Waals surface area contributed by atoms with Crippen LogP contribution in [-0.2, 0) is 26.0 Å². The zero-order chi connectivity index (χ0) is 21.2. The molecule has 0 amide bonds. The van der Waals surface area contributed by atoms with Crippen LogP contribution in [0.2, 0.25) is 0 Å². The van der Waals surface area contributed by atoms with E-state index in [1.165, 1.54) is 0 Å². The molecule has 0 bridgehead atoms. The van der Waals surface area contributed by atoms with Crippen molar-refractivity contribution < 1.29 is 17.9 Å². The van der Waals surface area contributed by atoms with Crippen LogP contribution in [0.15, 0.2) is 34.2 Å². The smallest absolute Gasteiger partial charge is 0.243 e. The van der Waals surface area contributed by atoms with Crippen LogP contribution >= 0.6 is 24.0 Å². The van der Waals surface area contributed by atoms with Gasteiger partial charge in [0.15, 0.2) is 5.96 Å². The van der Waals surface area contributed by atoms with E-state index in [4.69, 9.17) is 9.47 Å². The van der Waals surface area contributed by atoms with Crippen molar-refractivity contribution in [3.05, 3.63) is 29.8 Å². The van der Waals surface area contributed by atoms with Gasteiger partial charge < -0.3 is 20.1 Å². The van der Waals surface area contributed by atoms with Gasteiger partial charge in [0, 0.05) is 39.4 Å². The van der Waals surface area contributed by atoms with Crippen molar-refractivity contribution in [3.8, 4) is 0 Å². The van der Waals surface area contributed by atoms with Gasteiger partial charge in [0.1, 0.15) is 0 Å². The van der Waals surface area contributed by atoms with Gasteiger partial charge in [0.05, 0.1) is 24.2 Å². The molecule has 1 atom stereocenters. The molecule has 1 aromatic rings. The first-order chi connectivity index (χ1) is 14.6. The van der Waals surface area contributed by atoms with Gasteiger partial charge in [-0.2, -0.15) is 4.31 Å². The van der Waals surface area contributed by atoms with Gasteiger partial charge in [0.2, 0.25) is 10.0 Å². The first-order valence-electron chi connectivity index (χ1n) is 10.9. The Kier molecular flexibility index (Phi) is 11.5. The van der Waals surface area contributed by atoms with Crippen LogP contribution in [0.3, 0.4) is 0 Å². The van der Waals surface area contributed by atoms with Gasteiger partial charge in [-0.15, -0.1) is 24.0 Å². The van der Waals surface area contributed by atoms with Crippen molar-refractivity contribution in [2.24, 2.45) is 4.99 Å². The lowest BCUT2D eigenvalue weighted by atomic mass is 10.2. The summed E-state index contributed by atoms with van der Waals surface area (Å²) < 4.78 is 37.9. The summed E-state index contributed by atoms with van der Waals surface area (Å²) in [5.74, 6) is 0.746. The second-order valence-electron chi connectivity index (χ2n) is 7.59. The van der Waals surface area contributed by atoms with E-state index in [2.05, 4.69) is 15.6 Å². The molecule has 2 saturated heterocycles. The minimum Gasteiger partial charge on any atom is -0.379 e. The molecule has 1 unspecified atom stereocenters. The Hall–Kier alpha value is -0.950. The van der Waals surface area contributed by atoms with Crippen LogP contribution in [-0.4, -0.2) is 70.8 Å². The summed E-state index contributed by atoms with van der Waals surface area (Å²) in [4.78, 5) is 4.96. The molecule has 0 saturated carbocycles. The van der Waals surface area contributed by atoms with E-state index in [1.807, 2.05) is 19.1 Å². The van der Waals surface area contributed by atoms with E-state index < -0.39 is 10.0 Å². The third kappa shape index (κ3) is 8.16. The van der Waals surface area contributed by atoms with Crippen LogP contribution in [0.1, 0.15) is 38.2 Å². The van der Waals surface area contributed by atoms with Gasteiger partial charge in [-0.05, 0) is 50.3 Å². The number of nitrogens with one attached hydrogen (secondary N) is 2. The number of nitrogens with zero attached hydrogens (tertiary/aromatic N) is 2. The van der Waals surface area contributed by atoms with Gasteiger partial charge in [0.25, 0.3) is 0 Å². The monoisotopic (exact) mass is 566 g/mol. The number of benzene rings is 1. The molecule has 8 nitrogen and oxygen atoms in total. The SMILES string of the molecule is CCNC(=NCc1ccc(S(=O)(=O)N2CCCC2)cc1)NCCCOC1CCOC1.I. The lowest BCUT2D eigenvalue weighted by Crippen LogP contribution is -2.38. The predicted molar refractivity (Wildman–Crippen MR) is 132 cm³/mol. The molecule has 2 aliphatic heterocycles. The average molecular weight is 567 g/mol. The van der Waals surface area contributed by atoms with E-state index in [0.29, 0.717) is 37.7 Å². The molecule has 176 valence electrons. The molecule has 2 heterocycles. The number of rotatable bonds is 10. The average Bonchev–Trinajstić information content (AvgIpc) is 3.46. The molecule has 0 spiro atoms. The van der Waals surface area contributed by atoms with Crippen molar-refractivity contribution in [1.82, 2.24) is 14.9 Å². The number of hydrogen-bond acceptors (Lipinski definition) is 5. The Labute approximate surface area is 203 Å². The molecule has 2 fully saturated rings. The summed E-state index contributed by atoms with van der Waals surface area (Å²) in [5.41, 5.74) is 0.970. The van der Waals surface area contributed by atoms with Crippen LogP contribution in [0.5, 0.6) is 0 Å². The third-order valence-corrected chi connectivity index (χ3v) is 7.16. The van der Waals surface area contributed by atoms with Gasteiger partial charge in [-0.25, -0.2) is 13.4 Å². The second-order valence-corrected chi connectivity index (χ2v) is 9.52. The van der Waals surface area contributed by atoms with Crippen molar-refractivity contribution in [1.29, 1.82) is 0 Å². The number of guanidine groups is 1. The fraction of sp³-hybridized carbons (Fsp3) is 0.667. The van der Waals surface area contributed by atoms with Crippen LogP contribution in [0.4, 0.5) is 0 Å². The van der Waals surface area contributed by atoms with Gasteiger partial charge in [-0.3, -0.25) is 0 Å². The number of sulfonamides is 1. The Bertz CT molecular complexity index is 777. The van der Waals surface area contributed by atoms with E-state index in [-0.39, 0.29) is 30.1 Å². The summed E-state index contributed by atoms with van der Waals surface area (Å²) in [6, 6.07) is 7.05. The summed E-state index contributed by atoms with van der Waals surface area (Å²) in [6.45, 7) is 7.49. The number of hydrogen-bond donors (Lipinski definition) is 2. The quantitative estimate of drug-likeness (QED) is 0.196. The van der Waals surface area contributed by atoms with Crippen LogP contribution in [0.25, 0.3) is 0 Å². The lowest BCUT2D eigenvalue weighted by molar-refractivity contribution is 0.0420. The summed E-state index contributed by atoms with van der Waals surface area (Å²) in [6.07, 6.45) is 3.99. The first-order valence-corrected chi connectivity index (χ1v) is 12.3. The van der Waals surface area contributed by atoms with Crippen molar-refractivity contribution in [2.75, 3.05) is 46.0 Å². The fourth-order valence-corrected chi connectivity index (χ4v) is 5.05. The standard InChI is InChI=1S/C21H34N4O4S.HI/c1-2-22-21(23-11-5-14-29-19-10-15-28-17-19)24-16-18-6-8-20(9-7-18)30(26,27)25-12-3-4-13-25;/h6-9,19H,2-5,10-17H2,1H3,(H2,22,23,24);1H. The zero-order valence-corrected chi connectivity index (χ0v) is 21.4. The molecule has 2 N–H and O–H groups in total. The fourth-order valence-electron chi connectivity index (χ4n) is 3.53. The number of ether oxygens (including phenoxy) is 2. The Morgan fingerprint density at radius 3 is 2.61 bits per heavy atom. The molecule has 1 aromatic carbocycles. The molecule has 0 radical (unpaired) electrons. The minimum atomic E-state index is -3.37. The minimum absolute atomic E-state index is 0. The van der Waals surface area contributed by atoms with E-state index in [0.717, 1.165) is 56.9 Å². The summed E-state index contributed by atoms with van der Waals surface area (Å²) in [5, 5.41) is 6.55. The Morgan fingerprint density at radius 1 is 1.23 bits per heavy atom. The predicted octanol–water partition coefficient (Wildman–Crippen LogP) is 2.34. The van der Waals surface area contributed by atoms with E-state index >= 15 is 0 Å². The highest BCUT2D eigenvalue weighted by Crippen LogP contribution is 2.21. The molecule has 0 aliphatic carbocycles. The molecular weight excluding hydrogens is 531 g/mol. The molecule has 2 aliphatic rings. The third-order valence-electron chi connectivity index (χ3n) is 5.25. The van der Waals surface area contributed by atoms with Crippen LogP contribution < -0.4 is 10.6 Å². The van der Waals surface area contributed by atoms with Crippen LogP contribution in [0, 0.1) is 0 Å². The molecule has 31 heavy (non-hydrogen) atoms. The van der Waals surface area contributed by atoms with Gasteiger partial charge >= 0.3 is 0 Å². The van der Waals surface area contributed by atoms with E-state index in [9.17, 15) is 8.42 Å². The number of halogens is 1. The van der Waals surface area contributed by atoms with Gasteiger partial charge in [-0.1, -0.05) is 12.1 Å².